The van der Waals surface area contributed by atoms with Gasteiger partial charge < -0.3 is 0 Å². The van der Waals surface area contributed by atoms with Crippen molar-refractivity contribution in [3.05, 3.63) is 47.6 Å². The highest BCUT2D eigenvalue weighted by Crippen LogP contribution is 2.59. The van der Waals surface area contributed by atoms with Crippen LogP contribution in [0.15, 0.2) is 47.6 Å². The lowest BCUT2D eigenvalue weighted by Crippen LogP contribution is -2.35. The summed E-state index contributed by atoms with van der Waals surface area (Å²) < 4.78 is 0. The van der Waals surface area contributed by atoms with E-state index in [4.69, 9.17) is 0 Å². The Morgan fingerprint density at radius 1 is 1.17 bits per heavy atom. The van der Waals surface area contributed by atoms with Crippen LogP contribution in [-0.4, -0.2) is 5.78 Å². The molecule has 1 unspecified atom stereocenters. The van der Waals surface area contributed by atoms with Crippen molar-refractivity contribution in [3.63, 3.8) is 0 Å². The lowest BCUT2D eigenvalue weighted by Gasteiger charge is -2.44. The molecule has 0 aromatic heterocycles. The van der Waals surface area contributed by atoms with Gasteiger partial charge in [-0.25, -0.2) is 0 Å². The molecular formula is C29H42O. The molecule has 4 fully saturated rings. The smallest absolute Gasteiger partial charge is 0.158 e. The third-order valence-corrected chi connectivity index (χ3v) is 9.05. The van der Waals surface area contributed by atoms with Crippen LogP contribution in [0.2, 0.25) is 0 Å². The highest BCUT2D eigenvalue weighted by Gasteiger charge is 2.50. The molecule has 0 bridgehead atoms. The molecule has 0 amide bonds. The Morgan fingerprint density at radius 2 is 1.93 bits per heavy atom. The van der Waals surface area contributed by atoms with E-state index in [1.807, 2.05) is 6.08 Å². The number of ketones is 1. The van der Waals surface area contributed by atoms with E-state index in [9.17, 15) is 4.79 Å². The van der Waals surface area contributed by atoms with Gasteiger partial charge in [0.2, 0.25) is 0 Å². The summed E-state index contributed by atoms with van der Waals surface area (Å²) in [5.74, 6) is 4.03. The molecule has 4 aliphatic rings. The molecular weight excluding hydrogens is 364 g/mol. The zero-order valence-electron chi connectivity index (χ0n) is 19.8. The number of carbonyl (C=O) groups excluding carboxylic acids is 1. The maximum Gasteiger partial charge on any atom is 0.158 e. The second-order valence-corrected chi connectivity index (χ2v) is 11.4. The summed E-state index contributed by atoms with van der Waals surface area (Å²) in [4.78, 5) is 12.1. The molecule has 4 saturated carbocycles. The van der Waals surface area contributed by atoms with Gasteiger partial charge in [-0.1, -0.05) is 58.1 Å². The minimum Gasteiger partial charge on any atom is -0.295 e. The van der Waals surface area contributed by atoms with Gasteiger partial charge in [-0.3, -0.25) is 4.79 Å². The first-order valence-electron chi connectivity index (χ1n) is 12.6. The maximum atomic E-state index is 12.1. The summed E-state index contributed by atoms with van der Waals surface area (Å²) in [6.07, 6.45) is 20.3. The van der Waals surface area contributed by atoms with Crippen LogP contribution in [0.4, 0.5) is 0 Å². The lowest BCUT2D eigenvalue weighted by molar-refractivity contribution is -0.115. The second kappa shape index (κ2) is 8.64. The normalized spacial score (nSPS) is 40.9. The van der Waals surface area contributed by atoms with E-state index >= 15 is 0 Å². The van der Waals surface area contributed by atoms with Gasteiger partial charge >= 0.3 is 0 Å². The Kier molecular flexibility index (Phi) is 6.29. The van der Waals surface area contributed by atoms with Crippen LogP contribution < -0.4 is 0 Å². The average Bonchev–Trinajstić information content (AvgIpc) is 3.49. The molecule has 0 saturated heterocycles. The van der Waals surface area contributed by atoms with Crippen LogP contribution >= 0.6 is 0 Å². The number of fused-ring (bicyclic) bond motifs is 1. The van der Waals surface area contributed by atoms with Crippen LogP contribution in [0.1, 0.15) is 85.5 Å². The van der Waals surface area contributed by atoms with E-state index in [0.29, 0.717) is 34.9 Å². The summed E-state index contributed by atoms with van der Waals surface area (Å²) in [5.41, 5.74) is 4.93. The first-order valence-corrected chi connectivity index (χ1v) is 12.6. The lowest BCUT2D eigenvalue weighted by atomic mass is 9.61. The third kappa shape index (κ3) is 4.32. The summed E-state index contributed by atoms with van der Waals surface area (Å²) >= 11 is 0. The molecule has 0 spiro atoms. The van der Waals surface area contributed by atoms with E-state index < -0.39 is 0 Å². The molecule has 6 atom stereocenters. The summed E-state index contributed by atoms with van der Waals surface area (Å²) in [6, 6.07) is 0. The molecule has 0 aliphatic heterocycles. The van der Waals surface area contributed by atoms with Crippen molar-refractivity contribution in [2.45, 2.75) is 85.5 Å². The molecule has 164 valence electrons. The monoisotopic (exact) mass is 406 g/mol. The molecule has 1 nitrogen and oxygen atoms in total. The van der Waals surface area contributed by atoms with Gasteiger partial charge in [0.15, 0.2) is 5.78 Å². The Morgan fingerprint density at radius 3 is 2.67 bits per heavy atom. The minimum absolute atomic E-state index is 0.345. The van der Waals surface area contributed by atoms with Gasteiger partial charge in [0.1, 0.15) is 0 Å². The van der Waals surface area contributed by atoms with Crippen LogP contribution in [0.25, 0.3) is 0 Å². The minimum atomic E-state index is 0.345. The molecule has 0 aromatic carbocycles. The van der Waals surface area contributed by atoms with Crippen molar-refractivity contribution in [2.24, 2.45) is 40.9 Å². The first-order chi connectivity index (χ1) is 14.3. The van der Waals surface area contributed by atoms with Crippen molar-refractivity contribution in [1.82, 2.24) is 0 Å². The van der Waals surface area contributed by atoms with E-state index in [1.54, 1.807) is 5.57 Å². The van der Waals surface area contributed by atoms with E-state index in [-0.39, 0.29) is 0 Å². The number of hydrogen-bond donors (Lipinski definition) is 0. The molecule has 0 N–H and O–H groups in total. The Labute approximate surface area is 184 Å². The van der Waals surface area contributed by atoms with Gasteiger partial charge in [-0.05, 0) is 110 Å². The van der Waals surface area contributed by atoms with Crippen LogP contribution in [0.3, 0.4) is 0 Å². The molecule has 4 rings (SSSR count). The molecule has 0 heterocycles. The van der Waals surface area contributed by atoms with Crippen molar-refractivity contribution in [2.75, 3.05) is 0 Å². The quantitative estimate of drug-likeness (QED) is 0.425. The van der Waals surface area contributed by atoms with Crippen LogP contribution in [0, 0.1) is 40.9 Å². The Balaban J connectivity index is 1.49. The predicted octanol–water partition coefficient (Wildman–Crippen LogP) is 7.85. The fourth-order valence-electron chi connectivity index (χ4n) is 7.06. The van der Waals surface area contributed by atoms with Gasteiger partial charge in [0.05, 0.1) is 0 Å². The van der Waals surface area contributed by atoms with Crippen molar-refractivity contribution in [3.8, 4) is 0 Å². The molecule has 30 heavy (non-hydrogen) atoms. The van der Waals surface area contributed by atoms with Gasteiger partial charge in [0, 0.05) is 5.92 Å². The highest BCUT2D eigenvalue weighted by molar-refractivity contribution is 5.93. The summed E-state index contributed by atoms with van der Waals surface area (Å²) in [7, 11) is 0. The van der Waals surface area contributed by atoms with E-state index in [0.717, 1.165) is 24.7 Å². The Bertz CT molecular complexity index is 776. The van der Waals surface area contributed by atoms with Gasteiger partial charge in [-0.2, -0.15) is 0 Å². The van der Waals surface area contributed by atoms with E-state index in [1.165, 1.54) is 56.1 Å². The SMILES string of the molecule is C=C1/C(=C/C=C2\CCC[C@]3(C)C([C@H](C)/C=C/C(=O)C4CC4)CC[C@@H]23)C[C@@H](C)C[C@@H]1C. The average molecular weight is 407 g/mol. The van der Waals surface area contributed by atoms with Crippen LogP contribution in [0.5, 0.6) is 0 Å². The number of hydrogen-bond acceptors (Lipinski definition) is 1. The maximum absolute atomic E-state index is 12.1. The highest BCUT2D eigenvalue weighted by atomic mass is 16.1. The van der Waals surface area contributed by atoms with Gasteiger partial charge in [-0.15, -0.1) is 0 Å². The van der Waals surface area contributed by atoms with Crippen LogP contribution in [-0.2, 0) is 4.79 Å². The number of rotatable bonds is 5. The Hall–Kier alpha value is -1.37. The molecule has 0 aromatic rings. The van der Waals surface area contributed by atoms with Crippen molar-refractivity contribution >= 4 is 5.78 Å². The third-order valence-electron chi connectivity index (χ3n) is 9.05. The number of carbonyl (C=O) groups is 1. The number of allylic oxidation sites excluding steroid dienone is 7. The zero-order valence-corrected chi connectivity index (χ0v) is 19.8. The fraction of sp³-hybridized carbons (Fsp3) is 0.690. The zero-order chi connectivity index (χ0) is 21.5. The largest absolute Gasteiger partial charge is 0.295 e. The molecule has 4 aliphatic carbocycles. The predicted molar refractivity (Wildman–Crippen MR) is 127 cm³/mol. The van der Waals surface area contributed by atoms with E-state index in [2.05, 4.69) is 52.5 Å². The summed E-state index contributed by atoms with van der Waals surface area (Å²) in [5, 5.41) is 0. The van der Waals surface area contributed by atoms with Gasteiger partial charge in [0.25, 0.3) is 0 Å². The second-order valence-electron chi connectivity index (χ2n) is 11.4. The standard InChI is InChI=1S/C29H42O/c1-19-17-21(3)22(4)25(18-19)12-9-23-7-6-16-29(5)26(13-14-27(23)29)20(2)8-15-28(30)24-10-11-24/h8-9,12,15,19-21,24,26-27H,4,6-7,10-11,13-14,16-18H2,1-3,5H3/b15-8+,23-9+,25-12+/t19-,20+,21-,26?,27-,29+/m0/s1. The van der Waals surface area contributed by atoms with Crippen molar-refractivity contribution < 1.29 is 4.79 Å². The topological polar surface area (TPSA) is 17.1 Å². The van der Waals surface area contributed by atoms with Crippen molar-refractivity contribution in [1.29, 1.82) is 0 Å². The summed E-state index contributed by atoms with van der Waals surface area (Å²) in [6.45, 7) is 14.0. The first kappa shape index (κ1) is 21.8. The fourth-order valence-corrected chi connectivity index (χ4v) is 7.06. The molecule has 1 heteroatoms. The molecule has 0 radical (unpaired) electrons.